The summed E-state index contributed by atoms with van der Waals surface area (Å²) in [5.74, 6) is 1.12. The summed E-state index contributed by atoms with van der Waals surface area (Å²) < 4.78 is 0. The average Bonchev–Trinajstić information content (AvgIpc) is 2.22. The third kappa shape index (κ3) is 2.47. The number of hydrogen-bond acceptors (Lipinski definition) is 1. The van der Waals surface area contributed by atoms with Crippen LogP contribution in [0.4, 0.5) is 0 Å². The van der Waals surface area contributed by atoms with Crippen LogP contribution in [0.2, 0.25) is 5.02 Å². The maximum absolute atomic E-state index is 5.96. The molecule has 86 valence electrons. The van der Waals surface area contributed by atoms with Gasteiger partial charge in [-0.15, -0.1) is 0 Å². The van der Waals surface area contributed by atoms with Gasteiger partial charge in [0, 0.05) is 18.1 Å². The van der Waals surface area contributed by atoms with Crippen molar-refractivity contribution in [3.05, 3.63) is 34.9 Å². The molecule has 1 fully saturated rings. The Morgan fingerprint density at radius 3 is 2.88 bits per heavy atom. The summed E-state index contributed by atoms with van der Waals surface area (Å²) in [6.45, 7) is 0. The number of aliphatic imine (C=N–C) groups is 1. The van der Waals surface area contributed by atoms with E-state index in [2.05, 4.69) is 16.4 Å². The van der Waals surface area contributed by atoms with Crippen molar-refractivity contribution in [1.82, 2.24) is 5.32 Å². The van der Waals surface area contributed by atoms with Gasteiger partial charge in [-0.3, -0.25) is 4.99 Å². The minimum atomic E-state index is 0.452. The zero-order valence-corrected chi connectivity index (χ0v) is 10.0. The van der Waals surface area contributed by atoms with E-state index in [1.165, 1.54) is 5.56 Å². The van der Waals surface area contributed by atoms with Crippen molar-refractivity contribution in [2.45, 2.75) is 24.8 Å². The number of nitrogens with one attached hydrogen (secondary N) is 1. The normalized spacial score (nSPS) is 25.0. The molecule has 0 heterocycles. The number of rotatable bonds is 2. The number of nitrogens with zero attached hydrogens (tertiary/aromatic N) is 1. The van der Waals surface area contributed by atoms with E-state index in [4.69, 9.17) is 17.3 Å². The van der Waals surface area contributed by atoms with Gasteiger partial charge in [-0.25, -0.2) is 0 Å². The maximum atomic E-state index is 5.96. The third-order valence-electron chi connectivity index (χ3n) is 3.05. The Morgan fingerprint density at radius 2 is 2.25 bits per heavy atom. The first-order valence-electron chi connectivity index (χ1n) is 5.43. The lowest BCUT2D eigenvalue weighted by atomic mass is 9.76. The number of nitrogens with two attached hydrogens (primary N) is 1. The number of benzene rings is 1. The van der Waals surface area contributed by atoms with Crippen molar-refractivity contribution in [2.75, 3.05) is 7.05 Å². The van der Waals surface area contributed by atoms with Crippen LogP contribution in [0.5, 0.6) is 0 Å². The Balaban J connectivity index is 1.89. The summed E-state index contributed by atoms with van der Waals surface area (Å²) in [7, 11) is 1.69. The minimum Gasteiger partial charge on any atom is -0.370 e. The Labute approximate surface area is 101 Å². The predicted octanol–water partition coefficient (Wildman–Crippen LogP) is 2.12. The third-order valence-corrected chi connectivity index (χ3v) is 3.29. The standard InChI is InChI=1S/C12H16ClN3/c1-15-12(14)16-11-6-9(7-11)8-3-2-4-10(13)5-8/h2-5,9,11H,6-7H2,1H3,(H3,14,15,16). The first kappa shape index (κ1) is 11.3. The second-order valence-corrected chi connectivity index (χ2v) is 4.61. The summed E-state index contributed by atoms with van der Waals surface area (Å²) in [5, 5.41) is 3.98. The van der Waals surface area contributed by atoms with Gasteiger partial charge in [-0.2, -0.15) is 0 Å². The van der Waals surface area contributed by atoms with Crippen LogP contribution >= 0.6 is 11.6 Å². The fraction of sp³-hybridized carbons (Fsp3) is 0.417. The van der Waals surface area contributed by atoms with Crippen LogP contribution < -0.4 is 11.1 Å². The van der Waals surface area contributed by atoms with Gasteiger partial charge in [-0.05, 0) is 36.5 Å². The predicted molar refractivity (Wildman–Crippen MR) is 67.9 cm³/mol. The van der Waals surface area contributed by atoms with Gasteiger partial charge in [0.05, 0.1) is 0 Å². The number of halogens is 1. The van der Waals surface area contributed by atoms with Gasteiger partial charge in [-0.1, -0.05) is 23.7 Å². The van der Waals surface area contributed by atoms with E-state index in [1.54, 1.807) is 7.05 Å². The smallest absolute Gasteiger partial charge is 0.188 e. The molecule has 1 aromatic carbocycles. The lowest BCUT2D eigenvalue weighted by molar-refractivity contribution is 0.323. The van der Waals surface area contributed by atoms with E-state index in [9.17, 15) is 0 Å². The first-order valence-corrected chi connectivity index (χ1v) is 5.81. The Kier molecular flexibility index (Phi) is 3.34. The highest BCUT2D eigenvalue weighted by molar-refractivity contribution is 6.30. The van der Waals surface area contributed by atoms with Crippen molar-refractivity contribution < 1.29 is 0 Å². The molecule has 1 saturated carbocycles. The monoisotopic (exact) mass is 237 g/mol. The van der Waals surface area contributed by atoms with Gasteiger partial charge in [0.2, 0.25) is 0 Å². The molecule has 0 amide bonds. The van der Waals surface area contributed by atoms with Crippen molar-refractivity contribution >= 4 is 17.6 Å². The van der Waals surface area contributed by atoms with Crippen LogP contribution in [0.15, 0.2) is 29.3 Å². The topological polar surface area (TPSA) is 50.4 Å². The van der Waals surface area contributed by atoms with E-state index in [-0.39, 0.29) is 0 Å². The largest absolute Gasteiger partial charge is 0.370 e. The number of hydrogen-bond donors (Lipinski definition) is 2. The molecule has 3 N–H and O–H groups in total. The lowest BCUT2D eigenvalue weighted by Gasteiger charge is -2.36. The van der Waals surface area contributed by atoms with E-state index < -0.39 is 0 Å². The van der Waals surface area contributed by atoms with E-state index in [0.29, 0.717) is 17.9 Å². The lowest BCUT2D eigenvalue weighted by Crippen LogP contribution is -2.46. The molecule has 1 aliphatic rings. The van der Waals surface area contributed by atoms with Crippen LogP contribution in [-0.2, 0) is 0 Å². The zero-order chi connectivity index (χ0) is 11.5. The summed E-state index contributed by atoms with van der Waals surface area (Å²) >= 11 is 5.96. The Hall–Kier alpha value is -1.22. The fourth-order valence-corrected chi connectivity index (χ4v) is 2.24. The highest BCUT2D eigenvalue weighted by atomic mass is 35.5. The molecule has 0 aromatic heterocycles. The summed E-state index contributed by atoms with van der Waals surface area (Å²) in [6.07, 6.45) is 2.19. The molecule has 0 unspecified atom stereocenters. The van der Waals surface area contributed by atoms with Crippen molar-refractivity contribution in [1.29, 1.82) is 0 Å². The molecule has 0 spiro atoms. The molecular formula is C12H16ClN3. The van der Waals surface area contributed by atoms with Crippen molar-refractivity contribution in [2.24, 2.45) is 10.7 Å². The van der Waals surface area contributed by atoms with Gasteiger partial charge >= 0.3 is 0 Å². The summed E-state index contributed by atoms with van der Waals surface area (Å²) in [6, 6.07) is 8.53. The Morgan fingerprint density at radius 1 is 1.50 bits per heavy atom. The van der Waals surface area contributed by atoms with Crippen LogP contribution in [-0.4, -0.2) is 19.0 Å². The van der Waals surface area contributed by atoms with Gasteiger partial charge in [0.15, 0.2) is 5.96 Å². The molecular weight excluding hydrogens is 222 g/mol. The summed E-state index contributed by atoms with van der Waals surface area (Å²) in [4.78, 5) is 3.88. The average molecular weight is 238 g/mol. The van der Waals surface area contributed by atoms with Crippen molar-refractivity contribution in [3.63, 3.8) is 0 Å². The van der Waals surface area contributed by atoms with Crippen LogP contribution in [0.3, 0.4) is 0 Å². The fourth-order valence-electron chi connectivity index (χ4n) is 2.04. The second-order valence-electron chi connectivity index (χ2n) is 4.17. The van der Waals surface area contributed by atoms with Gasteiger partial charge < -0.3 is 11.1 Å². The zero-order valence-electron chi connectivity index (χ0n) is 9.28. The minimum absolute atomic E-state index is 0.452. The molecule has 3 nitrogen and oxygen atoms in total. The number of guanidine groups is 1. The van der Waals surface area contributed by atoms with Crippen LogP contribution in [0.1, 0.15) is 24.3 Å². The molecule has 0 bridgehead atoms. The highest BCUT2D eigenvalue weighted by Crippen LogP contribution is 2.37. The molecule has 2 rings (SSSR count). The molecule has 16 heavy (non-hydrogen) atoms. The first-order chi connectivity index (χ1) is 7.69. The van der Waals surface area contributed by atoms with Gasteiger partial charge in [0.25, 0.3) is 0 Å². The quantitative estimate of drug-likeness (QED) is 0.612. The summed E-state index contributed by atoms with van der Waals surface area (Å²) in [5.41, 5.74) is 6.93. The van der Waals surface area contributed by atoms with E-state index in [0.717, 1.165) is 17.9 Å². The van der Waals surface area contributed by atoms with Crippen LogP contribution in [0.25, 0.3) is 0 Å². The molecule has 4 heteroatoms. The Bertz CT molecular complexity index is 397. The van der Waals surface area contributed by atoms with E-state index >= 15 is 0 Å². The molecule has 0 saturated heterocycles. The molecule has 0 radical (unpaired) electrons. The molecule has 0 atom stereocenters. The van der Waals surface area contributed by atoms with Crippen LogP contribution in [0, 0.1) is 0 Å². The highest BCUT2D eigenvalue weighted by Gasteiger charge is 2.30. The SMILES string of the molecule is CN=C(N)NC1CC(c2cccc(Cl)c2)C1. The van der Waals surface area contributed by atoms with Gasteiger partial charge in [0.1, 0.15) is 0 Å². The molecule has 1 aromatic rings. The van der Waals surface area contributed by atoms with Crippen molar-refractivity contribution in [3.8, 4) is 0 Å². The second kappa shape index (κ2) is 4.74. The molecule has 0 aliphatic heterocycles. The molecule has 1 aliphatic carbocycles. The van der Waals surface area contributed by atoms with E-state index in [1.807, 2.05) is 18.2 Å². The maximum Gasteiger partial charge on any atom is 0.188 e.